The number of nitrogens with one attached hydrogen (secondary N) is 1. The molecule has 3 nitrogen and oxygen atoms in total. The Morgan fingerprint density at radius 3 is 3.12 bits per heavy atom. The molecule has 1 unspecified atom stereocenters. The molecule has 1 aromatic rings. The highest BCUT2D eigenvalue weighted by Crippen LogP contribution is 2.25. The first kappa shape index (κ1) is 10.8. The van der Waals surface area contributed by atoms with E-state index >= 15 is 0 Å². The predicted octanol–water partition coefficient (Wildman–Crippen LogP) is 2.13. The Balaban J connectivity index is 2.35. The van der Waals surface area contributed by atoms with Gasteiger partial charge in [0.05, 0.1) is 11.6 Å². The molecule has 1 aliphatic rings. The monoisotopic (exact) mass is 213 g/mol. The summed E-state index contributed by atoms with van der Waals surface area (Å²) in [6, 6.07) is 6.60. The highest BCUT2D eigenvalue weighted by Gasteiger charge is 2.16. The summed E-state index contributed by atoms with van der Waals surface area (Å²) in [5, 5.41) is 12.6. The van der Waals surface area contributed by atoms with Gasteiger partial charge in [0.25, 0.3) is 0 Å². The van der Waals surface area contributed by atoms with E-state index < -0.39 is 0 Å². The molecule has 1 saturated heterocycles. The van der Waals surface area contributed by atoms with Gasteiger partial charge in [-0.2, -0.15) is 5.26 Å². The Hall–Kier alpha value is -1.66. The Labute approximate surface area is 95.8 Å². The third-order valence-corrected chi connectivity index (χ3v) is 2.89. The summed E-state index contributed by atoms with van der Waals surface area (Å²) in [6.07, 6.45) is 5.41. The Morgan fingerprint density at radius 1 is 1.62 bits per heavy atom. The van der Waals surface area contributed by atoms with Crippen molar-refractivity contribution in [2.45, 2.75) is 25.8 Å². The van der Waals surface area contributed by atoms with E-state index in [1.54, 1.807) is 12.4 Å². The van der Waals surface area contributed by atoms with Crippen LogP contribution < -0.4 is 5.32 Å². The van der Waals surface area contributed by atoms with Crippen LogP contribution in [-0.2, 0) is 0 Å². The number of aromatic nitrogens is 1. The Kier molecular flexibility index (Phi) is 3.33. The van der Waals surface area contributed by atoms with Crippen LogP contribution in [0.3, 0.4) is 0 Å². The first-order valence-corrected chi connectivity index (χ1v) is 5.57. The van der Waals surface area contributed by atoms with Crippen molar-refractivity contribution in [3.05, 3.63) is 35.7 Å². The van der Waals surface area contributed by atoms with Crippen molar-refractivity contribution in [1.82, 2.24) is 10.3 Å². The van der Waals surface area contributed by atoms with Gasteiger partial charge < -0.3 is 5.32 Å². The topological polar surface area (TPSA) is 48.7 Å². The largest absolute Gasteiger partial charge is 0.314 e. The highest BCUT2D eigenvalue weighted by atomic mass is 14.9. The number of nitriles is 1. The molecule has 0 aliphatic carbocycles. The smallest absolute Gasteiger partial charge is 0.0998 e. The van der Waals surface area contributed by atoms with Crippen molar-refractivity contribution < 1.29 is 0 Å². The molecule has 0 saturated carbocycles. The first-order chi connectivity index (χ1) is 7.81. The minimum atomic E-state index is 0.462. The lowest BCUT2D eigenvalue weighted by Crippen LogP contribution is -2.32. The highest BCUT2D eigenvalue weighted by molar-refractivity contribution is 5.79. The fourth-order valence-corrected chi connectivity index (χ4v) is 2.10. The Bertz CT molecular complexity index is 428. The SMILES string of the molecule is CC1CC(=C(C#N)c2cccnc2)CCN1. The maximum Gasteiger partial charge on any atom is 0.0998 e. The third-order valence-electron chi connectivity index (χ3n) is 2.89. The van der Waals surface area contributed by atoms with Crippen LogP contribution in [0.2, 0.25) is 0 Å². The van der Waals surface area contributed by atoms with Crippen molar-refractivity contribution in [3.63, 3.8) is 0 Å². The number of nitrogens with zero attached hydrogens (tertiary/aromatic N) is 2. The molecule has 1 aromatic heterocycles. The molecule has 3 heteroatoms. The van der Waals surface area contributed by atoms with E-state index in [0.717, 1.165) is 30.5 Å². The molecule has 1 aliphatic heterocycles. The zero-order valence-electron chi connectivity index (χ0n) is 9.40. The lowest BCUT2D eigenvalue weighted by Gasteiger charge is -2.23. The van der Waals surface area contributed by atoms with Gasteiger partial charge >= 0.3 is 0 Å². The maximum atomic E-state index is 9.26. The van der Waals surface area contributed by atoms with Gasteiger partial charge in [-0.1, -0.05) is 6.07 Å². The summed E-state index contributed by atoms with van der Waals surface area (Å²) in [4.78, 5) is 4.07. The molecule has 0 amide bonds. The molecular formula is C13H15N3. The first-order valence-electron chi connectivity index (χ1n) is 5.57. The number of allylic oxidation sites excluding steroid dienone is 1. The molecule has 2 heterocycles. The molecular weight excluding hydrogens is 198 g/mol. The fourth-order valence-electron chi connectivity index (χ4n) is 2.10. The number of piperidine rings is 1. The minimum absolute atomic E-state index is 0.462. The van der Waals surface area contributed by atoms with Crippen LogP contribution in [0.4, 0.5) is 0 Å². The van der Waals surface area contributed by atoms with Crippen molar-refractivity contribution >= 4 is 5.57 Å². The van der Waals surface area contributed by atoms with Gasteiger partial charge in [0.1, 0.15) is 0 Å². The summed E-state index contributed by atoms with van der Waals surface area (Å²) in [5.74, 6) is 0. The number of hydrogen-bond donors (Lipinski definition) is 1. The van der Waals surface area contributed by atoms with Crippen LogP contribution >= 0.6 is 0 Å². The van der Waals surface area contributed by atoms with E-state index in [1.807, 2.05) is 12.1 Å². The summed E-state index contributed by atoms with van der Waals surface area (Å²) in [7, 11) is 0. The van der Waals surface area contributed by atoms with Gasteiger partial charge in [0, 0.05) is 24.0 Å². The summed E-state index contributed by atoms with van der Waals surface area (Å²) < 4.78 is 0. The third kappa shape index (κ3) is 2.29. The second-order valence-electron chi connectivity index (χ2n) is 4.14. The molecule has 2 rings (SSSR count). The van der Waals surface area contributed by atoms with Crippen LogP contribution in [0.5, 0.6) is 0 Å². The van der Waals surface area contributed by atoms with E-state index in [1.165, 1.54) is 5.57 Å². The normalized spacial score (nSPS) is 23.6. The van der Waals surface area contributed by atoms with Crippen LogP contribution in [0.1, 0.15) is 25.3 Å². The van der Waals surface area contributed by atoms with E-state index in [4.69, 9.17) is 0 Å². The fraction of sp³-hybridized carbons (Fsp3) is 0.385. The molecule has 16 heavy (non-hydrogen) atoms. The van der Waals surface area contributed by atoms with E-state index in [2.05, 4.69) is 23.3 Å². The summed E-state index contributed by atoms with van der Waals surface area (Å²) >= 11 is 0. The van der Waals surface area contributed by atoms with E-state index in [0.29, 0.717) is 6.04 Å². The van der Waals surface area contributed by atoms with Gasteiger partial charge in [-0.3, -0.25) is 4.98 Å². The number of hydrogen-bond acceptors (Lipinski definition) is 3. The molecule has 0 aromatic carbocycles. The standard InChI is InChI=1S/C13H15N3/c1-10-7-11(4-6-16-10)13(8-14)12-3-2-5-15-9-12/h2-3,5,9-10,16H,4,6-7H2,1H3. The number of rotatable bonds is 1. The van der Waals surface area contributed by atoms with Gasteiger partial charge in [-0.05, 0) is 37.9 Å². The number of pyridine rings is 1. The van der Waals surface area contributed by atoms with Crippen LogP contribution in [0, 0.1) is 11.3 Å². The van der Waals surface area contributed by atoms with Crippen LogP contribution in [0.15, 0.2) is 30.1 Å². The van der Waals surface area contributed by atoms with Crippen molar-refractivity contribution in [1.29, 1.82) is 5.26 Å². The minimum Gasteiger partial charge on any atom is -0.314 e. The van der Waals surface area contributed by atoms with Gasteiger partial charge in [-0.25, -0.2) is 0 Å². The van der Waals surface area contributed by atoms with Gasteiger partial charge in [-0.15, -0.1) is 0 Å². The van der Waals surface area contributed by atoms with Crippen molar-refractivity contribution in [2.75, 3.05) is 6.54 Å². The molecule has 0 radical (unpaired) electrons. The van der Waals surface area contributed by atoms with Crippen molar-refractivity contribution in [2.24, 2.45) is 0 Å². The zero-order chi connectivity index (χ0) is 11.4. The second-order valence-corrected chi connectivity index (χ2v) is 4.14. The van der Waals surface area contributed by atoms with Gasteiger partial charge in [0.2, 0.25) is 0 Å². The maximum absolute atomic E-state index is 9.26. The molecule has 82 valence electrons. The van der Waals surface area contributed by atoms with Gasteiger partial charge in [0.15, 0.2) is 0 Å². The Morgan fingerprint density at radius 2 is 2.50 bits per heavy atom. The molecule has 1 fully saturated rings. The summed E-state index contributed by atoms with van der Waals surface area (Å²) in [6.45, 7) is 3.11. The summed E-state index contributed by atoms with van der Waals surface area (Å²) in [5.41, 5.74) is 3.00. The molecule has 0 spiro atoms. The average Bonchev–Trinajstić information content (AvgIpc) is 2.31. The lowest BCUT2D eigenvalue weighted by molar-refractivity contribution is 0.495. The van der Waals surface area contributed by atoms with E-state index in [-0.39, 0.29) is 0 Å². The second kappa shape index (κ2) is 4.91. The molecule has 1 N–H and O–H groups in total. The van der Waals surface area contributed by atoms with Crippen LogP contribution in [0.25, 0.3) is 5.57 Å². The van der Waals surface area contributed by atoms with Crippen LogP contribution in [-0.4, -0.2) is 17.6 Å². The predicted molar refractivity (Wildman–Crippen MR) is 63.5 cm³/mol. The zero-order valence-corrected chi connectivity index (χ0v) is 9.40. The molecule has 0 bridgehead atoms. The lowest BCUT2D eigenvalue weighted by atomic mass is 9.92. The average molecular weight is 213 g/mol. The van der Waals surface area contributed by atoms with E-state index in [9.17, 15) is 5.26 Å². The quantitative estimate of drug-likeness (QED) is 0.727. The molecule has 1 atom stereocenters. The van der Waals surface area contributed by atoms with Crippen molar-refractivity contribution in [3.8, 4) is 6.07 Å².